The molecule has 0 bridgehead atoms. The van der Waals surface area contributed by atoms with Crippen LogP contribution in [0.4, 0.5) is 5.69 Å². The largest absolute Gasteiger partial charge is 0.468 e. The van der Waals surface area contributed by atoms with E-state index in [1.54, 1.807) is 0 Å². The van der Waals surface area contributed by atoms with E-state index in [-0.39, 0.29) is 33.3 Å². The van der Waals surface area contributed by atoms with Crippen molar-refractivity contribution in [2.45, 2.75) is 0 Å². The number of carbonyl (C=O) groups is 3. The van der Waals surface area contributed by atoms with Gasteiger partial charge >= 0.3 is 16.3 Å². The third-order valence-electron chi connectivity index (χ3n) is 3.37. The number of aromatic nitrogens is 1. The smallest absolute Gasteiger partial charge is 0.379 e. The molecule has 11 nitrogen and oxygen atoms in total. The van der Waals surface area contributed by atoms with E-state index in [4.69, 9.17) is 0 Å². The van der Waals surface area contributed by atoms with E-state index >= 15 is 0 Å². The van der Waals surface area contributed by atoms with Crippen LogP contribution in [0.5, 0.6) is 0 Å². The molecule has 1 amide bonds. The molecule has 0 saturated heterocycles. The number of esters is 1. The second kappa shape index (κ2) is 8.92. The van der Waals surface area contributed by atoms with Gasteiger partial charge in [0.1, 0.15) is 6.54 Å². The monoisotopic (exact) mass is 408 g/mol. The number of para-hydroxylation sites is 1. The fraction of sp³-hybridized carbons (Fsp3) is 0.125. The molecule has 12 heteroatoms. The summed E-state index contributed by atoms with van der Waals surface area (Å²) in [6.07, 6.45) is 1.64. The highest BCUT2D eigenvalue weighted by Crippen LogP contribution is 2.21. The Balaban J connectivity index is 2.34. The van der Waals surface area contributed by atoms with Crippen molar-refractivity contribution < 1.29 is 32.1 Å². The molecule has 0 aliphatic carbocycles. The summed E-state index contributed by atoms with van der Waals surface area (Å²) in [5.41, 5.74) is -0.0756. The van der Waals surface area contributed by atoms with Gasteiger partial charge in [-0.25, -0.2) is 0 Å². The number of hydrogen-bond acceptors (Lipinski definition) is 7. The Labute approximate surface area is 159 Å². The second-order valence-corrected chi connectivity index (χ2v) is 6.46. The highest BCUT2D eigenvalue weighted by molar-refractivity contribution is 7.87. The number of H-pyrrole nitrogens is 1. The fourth-order valence-corrected chi connectivity index (χ4v) is 2.64. The van der Waals surface area contributed by atoms with Gasteiger partial charge in [-0.1, -0.05) is 12.1 Å². The second-order valence-electron chi connectivity index (χ2n) is 5.22. The van der Waals surface area contributed by atoms with Crippen molar-refractivity contribution in [3.05, 3.63) is 59.2 Å². The van der Waals surface area contributed by atoms with Crippen molar-refractivity contribution in [2.75, 3.05) is 18.1 Å². The Morgan fingerprint density at radius 2 is 2.00 bits per heavy atom. The highest BCUT2D eigenvalue weighted by atomic mass is 32.2. The number of methoxy groups -OCH3 is 1. The first-order chi connectivity index (χ1) is 13.3. The minimum atomic E-state index is -4.84. The Bertz CT molecular complexity index is 1040. The van der Waals surface area contributed by atoms with Gasteiger partial charge in [0.2, 0.25) is 0 Å². The van der Waals surface area contributed by atoms with Gasteiger partial charge in [0.05, 0.1) is 18.4 Å². The highest BCUT2D eigenvalue weighted by Gasteiger charge is 2.21. The number of carbonyl (C=O) groups excluding carboxylic acids is 3. The third kappa shape index (κ3) is 5.25. The maximum absolute atomic E-state index is 11.9. The standard InChI is InChI=1S/C16H16N4O7S/c1-27-15(22)9-18-16(23)11-6-7-14(17-8-11)19-20(28(24,25)26)13-5-3-2-4-12(13)10-21/h2-8,10H,9H2,1H3,(H,17,19)(H,18,23)(H,24,25,26). The molecular weight excluding hydrogens is 392 g/mol. The lowest BCUT2D eigenvalue weighted by atomic mass is 10.2. The zero-order chi connectivity index (χ0) is 20.7. The molecule has 0 aliphatic heterocycles. The van der Waals surface area contributed by atoms with Gasteiger partial charge in [0.25, 0.3) is 5.91 Å². The minimum absolute atomic E-state index is 0.0114. The lowest BCUT2D eigenvalue weighted by molar-refractivity contribution is -0.139. The van der Waals surface area contributed by atoms with Gasteiger partial charge in [-0.2, -0.15) is 8.42 Å². The predicted molar refractivity (Wildman–Crippen MR) is 96.6 cm³/mol. The fourth-order valence-electron chi connectivity index (χ4n) is 2.04. The average molecular weight is 408 g/mol. The van der Waals surface area contributed by atoms with E-state index in [1.165, 1.54) is 49.7 Å². The number of pyridine rings is 1. The Morgan fingerprint density at radius 1 is 1.29 bits per heavy atom. The van der Waals surface area contributed by atoms with E-state index in [1.807, 2.05) is 0 Å². The summed E-state index contributed by atoms with van der Waals surface area (Å²) < 4.78 is 37.6. The Morgan fingerprint density at radius 3 is 2.57 bits per heavy atom. The molecule has 1 heterocycles. The first-order valence-electron chi connectivity index (χ1n) is 7.66. The first kappa shape index (κ1) is 20.8. The van der Waals surface area contributed by atoms with Gasteiger partial charge in [0, 0.05) is 11.8 Å². The quantitative estimate of drug-likeness (QED) is 0.249. The van der Waals surface area contributed by atoms with Gasteiger partial charge in [-0.15, -0.1) is 9.52 Å². The maximum Gasteiger partial charge on any atom is 0.379 e. The number of benzene rings is 1. The number of hydrogen-bond donors (Lipinski definition) is 3. The van der Waals surface area contributed by atoms with Crippen molar-refractivity contribution in [1.82, 2.24) is 10.3 Å². The van der Waals surface area contributed by atoms with Gasteiger partial charge in [-0.3, -0.25) is 18.9 Å². The lowest BCUT2D eigenvalue weighted by Crippen LogP contribution is -2.31. The third-order valence-corrected chi connectivity index (χ3v) is 4.08. The van der Waals surface area contributed by atoms with E-state index in [0.717, 1.165) is 0 Å². The summed E-state index contributed by atoms with van der Waals surface area (Å²) >= 11 is 0. The number of anilines is 1. The van der Waals surface area contributed by atoms with Crippen LogP contribution in [0.2, 0.25) is 0 Å². The van der Waals surface area contributed by atoms with Gasteiger partial charge in [0.15, 0.2) is 11.8 Å². The van der Waals surface area contributed by atoms with Crippen molar-refractivity contribution >= 4 is 34.2 Å². The average Bonchev–Trinajstić information content (AvgIpc) is 2.69. The summed E-state index contributed by atoms with van der Waals surface area (Å²) in [6.45, 7) is -0.319. The van der Waals surface area contributed by atoms with Gasteiger partial charge in [-0.05, 0) is 24.3 Å². The molecule has 0 unspecified atom stereocenters. The molecule has 148 valence electrons. The van der Waals surface area contributed by atoms with E-state index < -0.39 is 22.2 Å². The number of aromatic amines is 1. The first-order valence-corrected chi connectivity index (χ1v) is 9.06. The minimum Gasteiger partial charge on any atom is -0.468 e. The number of aldehydes is 1. The van der Waals surface area contributed by atoms with Crippen LogP contribution in [0.1, 0.15) is 20.7 Å². The molecule has 3 N–H and O–H groups in total. The van der Waals surface area contributed by atoms with Crippen LogP contribution in [0.3, 0.4) is 0 Å². The number of ether oxygens (including phenoxy) is 1. The number of rotatable bonds is 7. The Kier molecular flexibility index (Phi) is 6.63. The number of amides is 1. The summed E-state index contributed by atoms with van der Waals surface area (Å²) in [5, 5.41) is 6.10. The van der Waals surface area contributed by atoms with Crippen LogP contribution in [0.25, 0.3) is 0 Å². The van der Waals surface area contributed by atoms with Crippen LogP contribution in [-0.2, 0) is 19.8 Å². The van der Waals surface area contributed by atoms with Crippen LogP contribution < -0.4 is 15.2 Å². The SMILES string of the molecule is COC(=O)CNC(=O)c1ccc(=NN(c2ccccc2C=O)S(=O)(=O)O)[nH]c1. The molecule has 28 heavy (non-hydrogen) atoms. The van der Waals surface area contributed by atoms with Crippen LogP contribution in [0.15, 0.2) is 47.7 Å². The normalized spacial score (nSPS) is 11.6. The van der Waals surface area contributed by atoms with Gasteiger partial charge < -0.3 is 15.0 Å². The topological polar surface area (TPSA) is 158 Å². The Hall–Kier alpha value is -3.51. The van der Waals surface area contributed by atoms with Crippen molar-refractivity contribution in [2.24, 2.45) is 5.10 Å². The number of nitrogens with zero attached hydrogens (tertiary/aromatic N) is 2. The molecule has 0 fully saturated rings. The maximum atomic E-state index is 11.9. The molecular formula is C16H16N4O7S. The van der Waals surface area contributed by atoms with Crippen LogP contribution in [0, 0.1) is 0 Å². The van der Waals surface area contributed by atoms with Crippen molar-refractivity contribution in [1.29, 1.82) is 0 Å². The molecule has 0 saturated carbocycles. The molecule has 0 atom stereocenters. The number of nitrogens with one attached hydrogen (secondary N) is 2. The summed E-state index contributed by atoms with van der Waals surface area (Å²) in [4.78, 5) is 36.7. The molecule has 0 aliphatic rings. The summed E-state index contributed by atoms with van der Waals surface area (Å²) in [7, 11) is -3.66. The molecule has 1 aromatic heterocycles. The molecule has 0 radical (unpaired) electrons. The summed E-state index contributed by atoms with van der Waals surface area (Å²) in [6, 6.07) is 8.21. The van der Waals surface area contributed by atoms with E-state index in [2.05, 4.69) is 20.1 Å². The van der Waals surface area contributed by atoms with E-state index in [0.29, 0.717) is 6.29 Å². The molecule has 0 spiro atoms. The lowest BCUT2D eigenvalue weighted by Gasteiger charge is -2.16. The zero-order valence-corrected chi connectivity index (χ0v) is 15.3. The summed E-state index contributed by atoms with van der Waals surface area (Å²) in [5.74, 6) is -1.20. The molecule has 1 aromatic carbocycles. The molecule has 2 rings (SSSR count). The van der Waals surface area contributed by atoms with Crippen LogP contribution >= 0.6 is 0 Å². The van der Waals surface area contributed by atoms with Crippen molar-refractivity contribution in [3.8, 4) is 0 Å². The van der Waals surface area contributed by atoms with Crippen LogP contribution in [-0.4, -0.2) is 49.8 Å². The predicted octanol–water partition coefficient (Wildman–Crippen LogP) is -0.145. The van der Waals surface area contributed by atoms with Crippen molar-refractivity contribution in [3.63, 3.8) is 0 Å². The molecule has 2 aromatic rings. The van der Waals surface area contributed by atoms with E-state index in [9.17, 15) is 27.4 Å². The zero-order valence-electron chi connectivity index (χ0n) is 14.5.